The van der Waals surface area contributed by atoms with Crippen molar-refractivity contribution in [3.63, 3.8) is 0 Å². The minimum atomic E-state index is -1.19. The fourth-order valence-electron chi connectivity index (χ4n) is 2.99. The maximum absolute atomic E-state index is 11.5. The van der Waals surface area contributed by atoms with Crippen LogP contribution in [0.1, 0.15) is 17.5 Å². The first-order chi connectivity index (χ1) is 11.5. The molecule has 0 amide bonds. The van der Waals surface area contributed by atoms with Gasteiger partial charge in [-0.15, -0.1) is 0 Å². The predicted molar refractivity (Wildman–Crippen MR) is 86.7 cm³/mol. The summed E-state index contributed by atoms with van der Waals surface area (Å²) < 4.78 is 5.74. The van der Waals surface area contributed by atoms with E-state index in [4.69, 9.17) is 9.84 Å². The molecular weight excluding hydrogens is 308 g/mol. The van der Waals surface area contributed by atoms with Gasteiger partial charge in [-0.2, -0.15) is 0 Å². The van der Waals surface area contributed by atoms with Crippen LogP contribution in [0.25, 0.3) is 0 Å². The third-order valence-corrected chi connectivity index (χ3v) is 4.47. The molecule has 0 radical (unpaired) electrons. The standard InChI is InChI=1S/C19H18O5/c20-17(21)16-11-19(16,18(22)23)10-14-7-4-8-15(9-14)24-12-13-5-2-1-3-6-13/h1-9,16H,10-12H2,(H,20,21)(H,22,23)/t16-,19+/m0/s1. The summed E-state index contributed by atoms with van der Waals surface area (Å²) in [6.45, 7) is 0.423. The molecule has 2 aromatic rings. The van der Waals surface area contributed by atoms with Crippen LogP contribution in [0, 0.1) is 11.3 Å². The van der Waals surface area contributed by atoms with Crippen LogP contribution >= 0.6 is 0 Å². The highest BCUT2D eigenvalue weighted by molar-refractivity contribution is 5.89. The monoisotopic (exact) mass is 326 g/mol. The second kappa shape index (κ2) is 6.35. The molecule has 0 saturated heterocycles. The molecule has 2 aromatic carbocycles. The number of carboxylic acids is 2. The number of hydrogen-bond acceptors (Lipinski definition) is 3. The molecule has 2 N–H and O–H groups in total. The van der Waals surface area contributed by atoms with Gasteiger partial charge in [-0.1, -0.05) is 42.5 Å². The maximum Gasteiger partial charge on any atom is 0.310 e. The number of hydrogen-bond donors (Lipinski definition) is 2. The van der Waals surface area contributed by atoms with E-state index in [2.05, 4.69) is 0 Å². The predicted octanol–water partition coefficient (Wildman–Crippen LogP) is 2.98. The number of carbonyl (C=O) groups is 2. The largest absolute Gasteiger partial charge is 0.489 e. The zero-order valence-corrected chi connectivity index (χ0v) is 13.0. The molecule has 0 unspecified atom stereocenters. The van der Waals surface area contributed by atoms with Gasteiger partial charge < -0.3 is 14.9 Å². The molecule has 0 bridgehead atoms. The second-order valence-corrected chi connectivity index (χ2v) is 6.15. The van der Waals surface area contributed by atoms with Crippen LogP contribution in [0.4, 0.5) is 0 Å². The minimum absolute atomic E-state index is 0.173. The van der Waals surface area contributed by atoms with Crippen LogP contribution in [0.15, 0.2) is 54.6 Å². The average molecular weight is 326 g/mol. The SMILES string of the molecule is O=C(O)[C@@H]1C[C@@]1(Cc1cccc(OCc2ccccc2)c1)C(=O)O. The van der Waals surface area contributed by atoms with Gasteiger partial charge in [0.05, 0.1) is 11.3 Å². The van der Waals surface area contributed by atoms with Gasteiger partial charge in [0.25, 0.3) is 0 Å². The van der Waals surface area contributed by atoms with Gasteiger partial charge in [0, 0.05) is 0 Å². The lowest BCUT2D eigenvalue weighted by Crippen LogP contribution is -2.23. The zero-order chi connectivity index (χ0) is 17.2. The van der Waals surface area contributed by atoms with Crippen LogP contribution in [0.3, 0.4) is 0 Å². The molecule has 1 aliphatic carbocycles. The Morgan fingerprint density at radius 1 is 1.04 bits per heavy atom. The van der Waals surface area contributed by atoms with Crippen molar-refractivity contribution in [2.75, 3.05) is 0 Å². The molecule has 3 rings (SSSR count). The Labute approximate surface area is 139 Å². The Kier molecular flexibility index (Phi) is 4.25. The van der Waals surface area contributed by atoms with E-state index in [0.29, 0.717) is 12.4 Å². The quantitative estimate of drug-likeness (QED) is 0.817. The van der Waals surface area contributed by atoms with Gasteiger partial charge in [-0.25, -0.2) is 0 Å². The first-order valence-corrected chi connectivity index (χ1v) is 7.73. The molecule has 0 spiro atoms. The molecule has 0 aromatic heterocycles. The Morgan fingerprint density at radius 2 is 1.75 bits per heavy atom. The molecule has 2 atom stereocenters. The summed E-state index contributed by atoms with van der Waals surface area (Å²) in [6.07, 6.45) is 0.370. The van der Waals surface area contributed by atoms with Crippen LogP contribution < -0.4 is 4.74 Å². The van der Waals surface area contributed by atoms with E-state index in [1.54, 1.807) is 18.2 Å². The molecule has 5 heteroatoms. The molecular formula is C19H18O5. The molecule has 124 valence electrons. The lowest BCUT2D eigenvalue weighted by Gasteiger charge is -2.13. The number of aliphatic carboxylic acids is 2. The Hall–Kier alpha value is -2.82. The van der Waals surface area contributed by atoms with E-state index in [9.17, 15) is 14.7 Å². The number of benzene rings is 2. The highest BCUT2D eigenvalue weighted by atomic mass is 16.5. The molecule has 1 aliphatic rings. The summed E-state index contributed by atoms with van der Waals surface area (Å²) >= 11 is 0. The lowest BCUT2D eigenvalue weighted by atomic mass is 9.94. The summed E-state index contributed by atoms with van der Waals surface area (Å²) in [5.74, 6) is -2.27. The summed E-state index contributed by atoms with van der Waals surface area (Å²) in [5.41, 5.74) is 0.619. The highest BCUT2D eigenvalue weighted by Gasteiger charge is 2.64. The Balaban J connectivity index is 1.69. The van der Waals surface area contributed by atoms with E-state index in [0.717, 1.165) is 11.1 Å². The van der Waals surface area contributed by atoms with Gasteiger partial charge in [-0.05, 0) is 36.1 Å². The fourth-order valence-corrected chi connectivity index (χ4v) is 2.99. The highest BCUT2D eigenvalue weighted by Crippen LogP contribution is 2.55. The van der Waals surface area contributed by atoms with Crippen molar-refractivity contribution in [2.45, 2.75) is 19.4 Å². The topological polar surface area (TPSA) is 83.8 Å². The van der Waals surface area contributed by atoms with Crippen LogP contribution in [-0.2, 0) is 22.6 Å². The maximum atomic E-state index is 11.5. The third-order valence-electron chi connectivity index (χ3n) is 4.47. The van der Waals surface area contributed by atoms with Crippen molar-refractivity contribution >= 4 is 11.9 Å². The zero-order valence-electron chi connectivity index (χ0n) is 13.0. The lowest BCUT2D eigenvalue weighted by molar-refractivity contribution is -0.149. The molecule has 0 heterocycles. The number of rotatable bonds is 7. The molecule has 1 saturated carbocycles. The van der Waals surface area contributed by atoms with Crippen molar-refractivity contribution in [1.29, 1.82) is 0 Å². The van der Waals surface area contributed by atoms with Crippen molar-refractivity contribution in [2.24, 2.45) is 11.3 Å². The van der Waals surface area contributed by atoms with Crippen LogP contribution in [-0.4, -0.2) is 22.2 Å². The third kappa shape index (κ3) is 3.25. The molecule has 5 nitrogen and oxygen atoms in total. The number of carboxylic acid groups (broad SMARTS) is 2. The van der Waals surface area contributed by atoms with Crippen LogP contribution in [0.2, 0.25) is 0 Å². The summed E-state index contributed by atoms with van der Waals surface area (Å²) in [5, 5.41) is 18.5. The van der Waals surface area contributed by atoms with Gasteiger partial charge in [0.15, 0.2) is 0 Å². The second-order valence-electron chi connectivity index (χ2n) is 6.15. The van der Waals surface area contributed by atoms with E-state index in [-0.39, 0.29) is 12.8 Å². The van der Waals surface area contributed by atoms with E-state index in [1.807, 2.05) is 36.4 Å². The van der Waals surface area contributed by atoms with Crippen molar-refractivity contribution in [3.05, 3.63) is 65.7 Å². The molecule has 1 fully saturated rings. The normalized spacial score (nSPS) is 21.9. The Bertz CT molecular complexity index is 755. The molecule has 24 heavy (non-hydrogen) atoms. The number of ether oxygens (including phenoxy) is 1. The summed E-state index contributed by atoms with van der Waals surface area (Å²) in [6, 6.07) is 16.9. The van der Waals surface area contributed by atoms with E-state index < -0.39 is 23.3 Å². The minimum Gasteiger partial charge on any atom is -0.489 e. The first kappa shape index (κ1) is 16.1. The van der Waals surface area contributed by atoms with Crippen molar-refractivity contribution in [3.8, 4) is 5.75 Å². The average Bonchev–Trinajstić information content (AvgIpc) is 3.30. The Morgan fingerprint density at radius 3 is 2.38 bits per heavy atom. The van der Waals surface area contributed by atoms with Gasteiger partial charge >= 0.3 is 11.9 Å². The van der Waals surface area contributed by atoms with Gasteiger partial charge in [0.1, 0.15) is 12.4 Å². The van der Waals surface area contributed by atoms with Crippen molar-refractivity contribution in [1.82, 2.24) is 0 Å². The summed E-state index contributed by atoms with van der Waals surface area (Å²) in [7, 11) is 0. The van der Waals surface area contributed by atoms with Crippen molar-refractivity contribution < 1.29 is 24.5 Å². The molecule has 0 aliphatic heterocycles. The smallest absolute Gasteiger partial charge is 0.310 e. The van der Waals surface area contributed by atoms with Gasteiger partial charge in [-0.3, -0.25) is 9.59 Å². The van der Waals surface area contributed by atoms with Crippen LogP contribution in [0.5, 0.6) is 5.75 Å². The fraction of sp³-hybridized carbons (Fsp3) is 0.263. The van der Waals surface area contributed by atoms with Gasteiger partial charge in [0.2, 0.25) is 0 Å². The summed E-state index contributed by atoms with van der Waals surface area (Å²) in [4.78, 5) is 22.6. The first-order valence-electron chi connectivity index (χ1n) is 7.73. The van der Waals surface area contributed by atoms with E-state index >= 15 is 0 Å². The van der Waals surface area contributed by atoms with E-state index in [1.165, 1.54) is 0 Å².